The van der Waals surface area contributed by atoms with Gasteiger partial charge < -0.3 is 44.0 Å². The molecule has 1 saturated heterocycles. The zero-order valence-corrected chi connectivity index (χ0v) is 18.4. The monoisotopic (exact) mass is 522 g/mol. The molecule has 3 heterocycles. The Hall–Kier alpha value is -1.29. The minimum Gasteiger partial charge on any atom is -0.387 e. The third kappa shape index (κ3) is 5.61. The molecule has 1 aliphatic heterocycles. The SMILES string of the molecule is Cc1noc2[nH]cc([C@H]3O[C@H](COP(=O)(O)OP(=O)(O)OP(=O)(O)O)[C@@H](O)[C@H]3O)c(=O)c12. The number of aromatic nitrogens is 2. The molecule has 0 aromatic carbocycles. The molecule has 0 bridgehead atoms. The molecule has 180 valence electrons. The summed E-state index contributed by atoms with van der Waals surface area (Å²) in [6.07, 6.45) is -5.23. The van der Waals surface area contributed by atoms with Crippen LogP contribution in [0.5, 0.6) is 0 Å². The van der Waals surface area contributed by atoms with Crippen LogP contribution in [-0.4, -0.2) is 64.8 Å². The Bertz CT molecular complexity index is 1200. The van der Waals surface area contributed by atoms with Crippen LogP contribution in [0.2, 0.25) is 0 Å². The average molecular weight is 522 g/mol. The van der Waals surface area contributed by atoms with Gasteiger partial charge in [0, 0.05) is 11.8 Å². The highest BCUT2D eigenvalue weighted by Gasteiger charge is 2.47. The quantitative estimate of drug-likeness (QED) is 0.212. The molecule has 2 aromatic heterocycles. The molecule has 1 aliphatic rings. The fourth-order valence-corrected chi connectivity index (χ4v) is 5.94. The maximum absolute atomic E-state index is 12.7. The second-order valence-corrected chi connectivity index (χ2v) is 10.9. The van der Waals surface area contributed by atoms with E-state index in [1.807, 2.05) is 0 Å². The lowest BCUT2D eigenvalue weighted by molar-refractivity contribution is -0.0225. The second-order valence-electron chi connectivity index (χ2n) is 6.51. The van der Waals surface area contributed by atoms with Crippen molar-refractivity contribution in [2.24, 2.45) is 0 Å². The first-order valence-electron chi connectivity index (χ1n) is 8.38. The van der Waals surface area contributed by atoms with Gasteiger partial charge in [-0.15, -0.1) is 0 Å². The number of aryl methyl sites for hydroxylation is 1. The van der Waals surface area contributed by atoms with Crippen molar-refractivity contribution < 1.29 is 65.9 Å². The van der Waals surface area contributed by atoms with E-state index in [1.54, 1.807) is 0 Å². The Balaban J connectivity index is 1.72. The van der Waals surface area contributed by atoms with E-state index in [4.69, 9.17) is 23.9 Å². The van der Waals surface area contributed by atoms with E-state index in [9.17, 15) is 33.6 Å². The summed E-state index contributed by atoms with van der Waals surface area (Å²) in [5.41, 5.74) is -0.438. The Kier molecular flexibility index (Phi) is 6.98. The van der Waals surface area contributed by atoms with Crippen molar-refractivity contribution in [1.82, 2.24) is 10.1 Å². The predicted octanol–water partition coefficient (Wildman–Crippen LogP) is -0.670. The van der Waals surface area contributed by atoms with Crippen molar-refractivity contribution in [3.63, 3.8) is 0 Å². The van der Waals surface area contributed by atoms with Crippen LogP contribution in [0.25, 0.3) is 11.1 Å². The second kappa shape index (κ2) is 8.81. The lowest BCUT2D eigenvalue weighted by atomic mass is 10.0. The van der Waals surface area contributed by atoms with E-state index in [0.29, 0.717) is 0 Å². The lowest BCUT2D eigenvalue weighted by Crippen LogP contribution is -2.33. The number of nitrogens with one attached hydrogen (secondary N) is 1. The first-order chi connectivity index (χ1) is 14.6. The zero-order chi connectivity index (χ0) is 24.1. The summed E-state index contributed by atoms with van der Waals surface area (Å²) in [6, 6.07) is 0. The topological polar surface area (TPSA) is 268 Å². The molecule has 3 rings (SSSR count). The first-order valence-corrected chi connectivity index (χ1v) is 12.9. The van der Waals surface area contributed by atoms with Crippen LogP contribution >= 0.6 is 23.5 Å². The minimum absolute atomic E-state index is 0.0634. The van der Waals surface area contributed by atoms with Crippen LogP contribution in [0.4, 0.5) is 0 Å². The molecule has 1 fully saturated rings. The van der Waals surface area contributed by atoms with Gasteiger partial charge in [-0.25, -0.2) is 13.7 Å². The Morgan fingerprint density at radius 3 is 2.38 bits per heavy atom. The van der Waals surface area contributed by atoms with Crippen LogP contribution in [0, 0.1) is 6.92 Å². The molecule has 20 heteroatoms. The Morgan fingerprint density at radius 1 is 1.09 bits per heavy atom. The summed E-state index contributed by atoms with van der Waals surface area (Å²) < 4.78 is 55.5. The summed E-state index contributed by atoms with van der Waals surface area (Å²) in [5.74, 6) is 0. The zero-order valence-electron chi connectivity index (χ0n) is 15.7. The van der Waals surface area contributed by atoms with E-state index in [-0.39, 0.29) is 22.4 Å². The number of H-pyrrole nitrogens is 1. The van der Waals surface area contributed by atoms with Gasteiger partial charge in [0.2, 0.25) is 11.1 Å². The molecule has 2 unspecified atom stereocenters. The molecular formula is C12H17N2O15P3. The number of fused-ring (bicyclic) bond motifs is 1. The number of hydrogen-bond donors (Lipinski definition) is 7. The van der Waals surface area contributed by atoms with Crippen LogP contribution in [0.3, 0.4) is 0 Å². The van der Waals surface area contributed by atoms with Gasteiger partial charge >= 0.3 is 23.5 Å². The van der Waals surface area contributed by atoms with Gasteiger partial charge in [-0.1, -0.05) is 5.16 Å². The molecule has 2 aromatic rings. The Morgan fingerprint density at radius 2 is 1.75 bits per heavy atom. The Labute approximate surface area is 177 Å². The number of nitrogens with zero attached hydrogens (tertiary/aromatic N) is 1. The minimum atomic E-state index is -5.73. The van der Waals surface area contributed by atoms with Crippen molar-refractivity contribution in [2.75, 3.05) is 6.61 Å². The highest BCUT2D eigenvalue weighted by atomic mass is 31.3. The van der Waals surface area contributed by atoms with Crippen molar-refractivity contribution >= 4 is 34.6 Å². The number of ether oxygens (including phenoxy) is 1. The van der Waals surface area contributed by atoms with Gasteiger partial charge in [0.1, 0.15) is 29.8 Å². The number of phosphoric acid groups is 3. The molecule has 0 radical (unpaired) electrons. The molecule has 17 nitrogen and oxygen atoms in total. The van der Waals surface area contributed by atoms with Crippen molar-refractivity contribution in [2.45, 2.75) is 31.3 Å². The predicted molar refractivity (Wildman–Crippen MR) is 98.8 cm³/mol. The summed E-state index contributed by atoms with van der Waals surface area (Å²) in [4.78, 5) is 50.9. The van der Waals surface area contributed by atoms with Crippen molar-refractivity contribution in [1.29, 1.82) is 0 Å². The molecule has 0 amide bonds. The summed E-state index contributed by atoms with van der Waals surface area (Å²) in [7, 11) is -16.8. The van der Waals surface area contributed by atoms with E-state index in [0.717, 1.165) is 6.20 Å². The highest BCUT2D eigenvalue weighted by molar-refractivity contribution is 7.66. The lowest BCUT2D eigenvalue weighted by Gasteiger charge is -2.19. The highest BCUT2D eigenvalue weighted by Crippen LogP contribution is 2.66. The molecule has 0 spiro atoms. The number of rotatable bonds is 8. The van der Waals surface area contributed by atoms with E-state index < -0.39 is 59.9 Å². The fourth-order valence-electron chi connectivity index (χ4n) is 2.91. The molecule has 6 atom stereocenters. The number of aromatic amines is 1. The van der Waals surface area contributed by atoms with Gasteiger partial charge in [0.15, 0.2) is 0 Å². The van der Waals surface area contributed by atoms with Crippen molar-refractivity contribution in [3.8, 4) is 0 Å². The van der Waals surface area contributed by atoms with Gasteiger partial charge in [0.25, 0.3) is 0 Å². The van der Waals surface area contributed by atoms with Crippen LogP contribution in [0.15, 0.2) is 15.5 Å². The van der Waals surface area contributed by atoms with Gasteiger partial charge in [-0.3, -0.25) is 9.32 Å². The summed E-state index contributed by atoms with van der Waals surface area (Å²) in [6.45, 7) is 0.488. The van der Waals surface area contributed by atoms with Gasteiger partial charge in [-0.05, 0) is 6.92 Å². The maximum atomic E-state index is 12.7. The number of phosphoric ester groups is 1. The van der Waals surface area contributed by atoms with Crippen LogP contribution in [0.1, 0.15) is 17.4 Å². The van der Waals surface area contributed by atoms with Gasteiger partial charge in [0.05, 0.1) is 12.3 Å². The molecular weight excluding hydrogens is 505 g/mol. The van der Waals surface area contributed by atoms with E-state index >= 15 is 0 Å². The maximum Gasteiger partial charge on any atom is 0.490 e. The molecule has 7 N–H and O–H groups in total. The number of hydrogen-bond acceptors (Lipinski definition) is 12. The number of pyridine rings is 1. The summed E-state index contributed by atoms with van der Waals surface area (Å²) >= 11 is 0. The number of aliphatic hydroxyl groups is 2. The average Bonchev–Trinajstić information content (AvgIpc) is 3.12. The first kappa shape index (κ1) is 25.3. The van der Waals surface area contributed by atoms with Crippen LogP contribution < -0.4 is 5.43 Å². The number of aliphatic hydroxyl groups excluding tert-OH is 2. The van der Waals surface area contributed by atoms with E-state index in [2.05, 4.69) is 23.3 Å². The molecule has 0 saturated carbocycles. The third-order valence-corrected chi connectivity index (χ3v) is 8.00. The van der Waals surface area contributed by atoms with Crippen LogP contribution in [-0.2, 0) is 31.6 Å². The summed E-state index contributed by atoms with van der Waals surface area (Å²) in [5, 5.41) is 24.1. The van der Waals surface area contributed by atoms with E-state index in [1.165, 1.54) is 6.92 Å². The standard InChI is InChI=1S/C12H17N2O15P3/c1-4-7-8(15)5(2-13-12(7)27-14-4)11-10(17)9(16)6(26-11)3-25-31(21,22)29-32(23,24)28-30(18,19)20/h2,6,9-11,16-17H,3H2,1H3,(H,13,15)(H,21,22)(H,23,24)(H2,18,19,20)/t6-,9-,10-,11-/m1/s1. The third-order valence-electron chi connectivity index (χ3n) is 4.20. The smallest absolute Gasteiger partial charge is 0.387 e. The fraction of sp³-hybridized carbons (Fsp3) is 0.500. The van der Waals surface area contributed by atoms with Gasteiger partial charge in [-0.2, -0.15) is 8.62 Å². The molecule has 0 aliphatic carbocycles. The molecule has 32 heavy (non-hydrogen) atoms. The largest absolute Gasteiger partial charge is 0.490 e. The van der Waals surface area contributed by atoms with Crippen molar-refractivity contribution in [3.05, 3.63) is 27.7 Å². The normalized spacial score (nSPS) is 28.0.